The average Bonchev–Trinajstić information content (AvgIpc) is 2.44. The molecule has 1 atom stereocenters. The zero-order valence-electron chi connectivity index (χ0n) is 12.3. The van der Waals surface area contributed by atoms with Gasteiger partial charge in [0, 0.05) is 6.20 Å². The maximum atomic E-state index is 13.4. The molecule has 2 nitrogen and oxygen atoms in total. The lowest BCUT2D eigenvalue weighted by Gasteiger charge is -2.26. The van der Waals surface area contributed by atoms with Crippen molar-refractivity contribution in [1.82, 2.24) is 10.3 Å². The van der Waals surface area contributed by atoms with Gasteiger partial charge >= 0.3 is 0 Å². The van der Waals surface area contributed by atoms with Crippen LogP contribution in [0.15, 0.2) is 42.7 Å². The Kier molecular flexibility index (Phi) is 4.30. The molecule has 1 saturated carbocycles. The molecule has 1 fully saturated rings. The van der Waals surface area contributed by atoms with Gasteiger partial charge in [0.1, 0.15) is 5.82 Å². The van der Waals surface area contributed by atoms with Gasteiger partial charge in [-0.1, -0.05) is 37.6 Å². The molecule has 21 heavy (non-hydrogen) atoms. The predicted octanol–water partition coefficient (Wildman–Crippen LogP) is 4.19. The van der Waals surface area contributed by atoms with E-state index < -0.39 is 0 Å². The van der Waals surface area contributed by atoms with E-state index in [-0.39, 0.29) is 11.9 Å². The summed E-state index contributed by atoms with van der Waals surface area (Å²) in [6.07, 6.45) is 6.94. The SMILES string of the molecule is CCNC(c1ccc(C2CCC2)cc1)c1cncc(F)c1. The van der Waals surface area contributed by atoms with Gasteiger partial charge in [-0.2, -0.15) is 0 Å². The normalized spacial score (nSPS) is 16.5. The summed E-state index contributed by atoms with van der Waals surface area (Å²) < 4.78 is 13.4. The lowest BCUT2D eigenvalue weighted by molar-refractivity contribution is 0.419. The van der Waals surface area contributed by atoms with Crippen LogP contribution < -0.4 is 5.32 Å². The molecule has 1 aromatic heterocycles. The van der Waals surface area contributed by atoms with Crippen molar-refractivity contribution in [3.05, 3.63) is 65.2 Å². The fraction of sp³-hybridized carbons (Fsp3) is 0.389. The molecule has 1 aliphatic rings. The van der Waals surface area contributed by atoms with E-state index in [0.29, 0.717) is 0 Å². The van der Waals surface area contributed by atoms with E-state index in [9.17, 15) is 4.39 Å². The molecule has 0 bridgehead atoms. The highest BCUT2D eigenvalue weighted by atomic mass is 19.1. The second kappa shape index (κ2) is 6.35. The molecule has 3 rings (SSSR count). The molecule has 3 heteroatoms. The number of pyridine rings is 1. The second-order valence-electron chi connectivity index (χ2n) is 5.72. The number of rotatable bonds is 5. The molecular weight excluding hydrogens is 263 g/mol. The van der Waals surface area contributed by atoms with Crippen LogP contribution in [0.5, 0.6) is 0 Å². The molecule has 2 aromatic rings. The van der Waals surface area contributed by atoms with Crippen LogP contribution in [-0.2, 0) is 0 Å². The Labute approximate surface area is 125 Å². The Balaban J connectivity index is 1.86. The quantitative estimate of drug-likeness (QED) is 0.890. The van der Waals surface area contributed by atoms with E-state index in [2.05, 4.69) is 41.5 Å². The summed E-state index contributed by atoms with van der Waals surface area (Å²) in [4.78, 5) is 3.97. The molecule has 1 aromatic carbocycles. The van der Waals surface area contributed by atoms with Crippen LogP contribution in [-0.4, -0.2) is 11.5 Å². The van der Waals surface area contributed by atoms with Gasteiger partial charge in [-0.25, -0.2) is 4.39 Å². The van der Waals surface area contributed by atoms with E-state index in [0.717, 1.165) is 23.6 Å². The average molecular weight is 284 g/mol. The number of nitrogens with one attached hydrogen (secondary N) is 1. The molecule has 1 N–H and O–H groups in total. The van der Waals surface area contributed by atoms with Gasteiger partial charge in [0.25, 0.3) is 0 Å². The minimum Gasteiger partial charge on any atom is -0.306 e. The van der Waals surface area contributed by atoms with Gasteiger partial charge in [-0.05, 0) is 48.1 Å². The van der Waals surface area contributed by atoms with Crippen molar-refractivity contribution in [2.45, 2.75) is 38.1 Å². The largest absolute Gasteiger partial charge is 0.306 e. The molecular formula is C18H21FN2. The molecule has 0 saturated heterocycles. The number of halogens is 1. The summed E-state index contributed by atoms with van der Waals surface area (Å²) in [5, 5.41) is 3.41. The van der Waals surface area contributed by atoms with Crippen LogP contribution in [0.2, 0.25) is 0 Å². The summed E-state index contributed by atoms with van der Waals surface area (Å²) in [6, 6.07) is 10.3. The van der Waals surface area contributed by atoms with Gasteiger partial charge in [-0.15, -0.1) is 0 Å². The highest BCUT2D eigenvalue weighted by Gasteiger charge is 2.20. The van der Waals surface area contributed by atoms with Crippen LogP contribution in [0.3, 0.4) is 0 Å². The fourth-order valence-corrected chi connectivity index (χ4v) is 2.92. The van der Waals surface area contributed by atoms with E-state index in [1.165, 1.54) is 31.0 Å². The first kappa shape index (κ1) is 14.2. The van der Waals surface area contributed by atoms with Crippen LogP contribution >= 0.6 is 0 Å². The minimum atomic E-state index is -0.290. The van der Waals surface area contributed by atoms with Crippen molar-refractivity contribution in [1.29, 1.82) is 0 Å². The minimum absolute atomic E-state index is 0.00589. The Hall–Kier alpha value is -1.74. The van der Waals surface area contributed by atoms with Crippen LogP contribution in [0.25, 0.3) is 0 Å². The molecule has 1 unspecified atom stereocenters. The van der Waals surface area contributed by atoms with E-state index >= 15 is 0 Å². The molecule has 0 amide bonds. The lowest BCUT2D eigenvalue weighted by Crippen LogP contribution is -2.22. The fourth-order valence-electron chi connectivity index (χ4n) is 2.92. The molecule has 0 spiro atoms. The Bertz CT molecular complexity index is 590. The van der Waals surface area contributed by atoms with E-state index in [1.54, 1.807) is 12.3 Å². The molecule has 0 aliphatic heterocycles. The van der Waals surface area contributed by atoms with E-state index in [1.807, 2.05) is 0 Å². The first-order valence-corrected chi connectivity index (χ1v) is 7.71. The van der Waals surface area contributed by atoms with Crippen molar-refractivity contribution in [3.63, 3.8) is 0 Å². The molecule has 110 valence electrons. The molecule has 1 heterocycles. The second-order valence-corrected chi connectivity index (χ2v) is 5.72. The number of hydrogen-bond acceptors (Lipinski definition) is 2. The number of hydrogen-bond donors (Lipinski definition) is 1. The predicted molar refractivity (Wildman–Crippen MR) is 82.7 cm³/mol. The third-order valence-electron chi connectivity index (χ3n) is 4.31. The Morgan fingerprint density at radius 1 is 1.19 bits per heavy atom. The Morgan fingerprint density at radius 3 is 2.52 bits per heavy atom. The van der Waals surface area contributed by atoms with Gasteiger partial charge in [0.15, 0.2) is 0 Å². The monoisotopic (exact) mass is 284 g/mol. The van der Waals surface area contributed by atoms with Crippen molar-refractivity contribution in [2.75, 3.05) is 6.54 Å². The maximum Gasteiger partial charge on any atom is 0.141 e. The third-order valence-corrected chi connectivity index (χ3v) is 4.31. The summed E-state index contributed by atoms with van der Waals surface area (Å²) >= 11 is 0. The number of benzene rings is 1. The molecule has 0 radical (unpaired) electrons. The van der Waals surface area contributed by atoms with Gasteiger partial charge < -0.3 is 5.32 Å². The van der Waals surface area contributed by atoms with Gasteiger partial charge in [0.2, 0.25) is 0 Å². The van der Waals surface area contributed by atoms with Gasteiger partial charge in [-0.3, -0.25) is 4.98 Å². The number of nitrogens with zero attached hydrogens (tertiary/aromatic N) is 1. The zero-order valence-corrected chi connectivity index (χ0v) is 12.3. The highest BCUT2D eigenvalue weighted by molar-refractivity contribution is 5.34. The van der Waals surface area contributed by atoms with Crippen molar-refractivity contribution in [3.8, 4) is 0 Å². The van der Waals surface area contributed by atoms with Crippen molar-refractivity contribution in [2.24, 2.45) is 0 Å². The maximum absolute atomic E-state index is 13.4. The first-order valence-electron chi connectivity index (χ1n) is 7.71. The van der Waals surface area contributed by atoms with Crippen LogP contribution in [0.1, 0.15) is 54.8 Å². The van der Waals surface area contributed by atoms with Crippen LogP contribution in [0.4, 0.5) is 4.39 Å². The van der Waals surface area contributed by atoms with Gasteiger partial charge in [0.05, 0.1) is 12.2 Å². The van der Waals surface area contributed by atoms with Crippen molar-refractivity contribution < 1.29 is 4.39 Å². The topological polar surface area (TPSA) is 24.9 Å². The highest BCUT2D eigenvalue weighted by Crippen LogP contribution is 2.36. The standard InChI is InChI=1S/C18H21FN2/c1-2-21-18(16-10-17(19)12-20-11-16)15-8-6-14(7-9-15)13-4-3-5-13/h6-13,18,21H,2-5H2,1H3. The van der Waals surface area contributed by atoms with Crippen molar-refractivity contribution >= 4 is 0 Å². The van der Waals surface area contributed by atoms with E-state index in [4.69, 9.17) is 0 Å². The van der Waals surface area contributed by atoms with Crippen LogP contribution in [0, 0.1) is 5.82 Å². The summed E-state index contributed by atoms with van der Waals surface area (Å²) in [5.41, 5.74) is 3.46. The number of aromatic nitrogens is 1. The Morgan fingerprint density at radius 2 is 1.95 bits per heavy atom. The summed E-state index contributed by atoms with van der Waals surface area (Å²) in [7, 11) is 0. The first-order chi connectivity index (χ1) is 10.3. The summed E-state index contributed by atoms with van der Waals surface area (Å²) in [6.45, 7) is 2.88. The third kappa shape index (κ3) is 3.13. The smallest absolute Gasteiger partial charge is 0.141 e. The lowest BCUT2D eigenvalue weighted by atomic mass is 9.79. The zero-order chi connectivity index (χ0) is 14.7. The summed E-state index contributed by atoms with van der Waals surface area (Å²) in [5.74, 6) is 0.453. The molecule has 1 aliphatic carbocycles.